The molecule has 2 rings (SSSR count). The van der Waals surface area contributed by atoms with E-state index in [4.69, 9.17) is 0 Å². The van der Waals surface area contributed by atoms with Crippen molar-refractivity contribution in [3.05, 3.63) is 29.8 Å². The SMILES string of the molecule is CCCCc1ccc(NC(=O)CSC2CCNCC2)cc1. The molecule has 0 aliphatic carbocycles. The molecule has 1 aromatic carbocycles. The van der Waals surface area contributed by atoms with Gasteiger partial charge in [-0.15, -0.1) is 11.8 Å². The molecule has 1 heterocycles. The minimum Gasteiger partial charge on any atom is -0.325 e. The smallest absolute Gasteiger partial charge is 0.234 e. The van der Waals surface area contributed by atoms with Gasteiger partial charge in [0.2, 0.25) is 5.91 Å². The van der Waals surface area contributed by atoms with Crippen LogP contribution in [0, 0.1) is 0 Å². The van der Waals surface area contributed by atoms with E-state index in [0.29, 0.717) is 11.0 Å². The van der Waals surface area contributed by atoms with E-state index in [9.17, 15) is 4.79 Å². The van der Waals surface area contributed by atoms with Crippen LogP contribution in [0.5, 0.6) is 0 Å². The Bertz CT molecular complexity index is 427. The molecule has 0 radical (unpaired) electrons. The van der Waals surface area contributed by atoms with Crippen LogP contribution in [-0.2, 0) is 11.2 Å². The number of aryl methyl sites for hydroxylation is 1. The Hall–Kier alpha value is -1.00. The van der Waals surface area contributed by atoms with Crippen molar-refractivity contribution < 1.29 is 4.79 Å². The van der Waals surface area contributed by atoms with Gasteiger partial charge in [0.1, 0.15) is 0 Å². The number of carbonyl (C=O) groups excluding carboxylic acids is 1. The molecule has 116 valence electrons. The lowest BCUT2D eigenvalue weighted by molar-refractivity contribution is -0.113. The largest absolute Gasteiger partial charge is 0.325 e. The Labute approximate surface area is 132 Å². The molecule has 1 fully saturated rings. The number of amides is 1. The summed E-state index contributed by atoms with van der Waals surface area (Å²) in [6.07, 6.45) is 5.90. The van der Waals surface area contributed by atoms with Crippen LogP contribution in [0.25, 0.3) is 0 Å². The van der Waals surface area contributed by atoms with E-state index in [-0.39, 0.29) is 5.91 Å². The van der Waals surface area contributed by atoms with E-state index in [2.05, 4.69) is 29.7 Å². The number of unbranched alkanes of at least 4 members (excludes halogenated alkanes) is 1. The number of carbonyl (C=O) groups is 1. The lowest BCUT2D eigenvalue weighted by Gasteiger charge is -2.21. The predicted molar refractivity (Wildman–Crippen MR) is 92.0 cm³/mol. The fourth-order valence-corrected chi connectivity index (χ4v) is 3.52. The minimum atomic E-state index is 0.111. The molecule has 4 heteroatoms. The Kier molecular flexibility index (Phi) is 7.10. The summed E-state index contributed by atoms with van der Waals surface area (Å²) in [6, 6.07) is 8.26. The highest BCUT2D eigenvalue weighted by molar-refractivity contribution is 8.00. The molecule has 0 unspecified atom stereocenters. The van der Waals surface area contributed by atoms with Crippen molar-refractivity contribution >= 4 is 23.4 Å². The lowest BCUT2D eigenvalue weighted by atomic mass is 10.1. The first-order valence-corrected chi connectivity index (χ1v) is 9.04. The summed E-state index contributed by atoms with van der Waals surface area (Å²) in [7, 11) is 0. The maximum absolute atomic E-state index is 12.0. The molecule has 0 bridgehead atoms. The van der Waals surface area contributed by atoms with Gasteiger partial charge in [0, 0.05) is 10.9 Å². The Morgan fingerprint density at radius 1 is 1.29 bits per heavy atom. The van der Waals surface area contributed by atoms with Crippen LogP contribution in [0.2, 0.25) is 0 Å². The van der Waals surface area contributed by atoms with Crippen LogP contribution in [0.15, 0.2) is 24.3 Å². The van der Waals surface area contributed by atoms with Gasteiger partial charge < -0.3 is 10.6 Å². The Morgan fingerprint density at radius 3 is 2.67 bits per heavy atom. The number of rotatable bonds is 7. The molecule has 21 heavy (non-hydrogen) atoms. The third kappa shape index (κ3) is 6.10. The van der Waals surface area contributed by atoms with Crippen molar-refractivity contribution in [1.29, 1.82) is 0 Å². The second kappa shape index (κ2) is 9.11. The fourth-order valence-electron chi connectivity index (χ4n) is 2.49. The standard InChI is InChI=1S/C17H26N2OS/c1-2-3-4-14-5-7-15(8-6-14)19-17(20)13-21-16-9-11-18-12-10-16/h5-8,16,18H,2-4,9-13H2,1H3,(H,19,20). The van der Waals surface area contributed by atoms with Crippen molar-refractivity contribution in [3.63, 3.8) is 0 Å². The van der Waals surface area contributed by atoms with Gasteiger partial charge in [0.25, 0.3) is 0 Å². The number of thioether (sulfide) groups is 1. The van der Waals surface area contributed by atoms with Crippen LogP contribution in [0.1, 0.15) is 38.2 Å². The predicted octanol–water partition coefficient (Wildman–Crippen LogP) is 3.45. The summed E-state index contributed by atoms with van der Waals surface area (Å²) in [5, 5.41) is 6.97. The molecule has 2 N–H and O–H groups in total. The Morgan fingerprint density at radius 2 is 2.00 bits per heavy atom. The summed E-state index contributed by atoms with van der Waals surface area (Å²) in [5.74, 6) is 0.669. The van der Waals surface area contributed by atoms with E-state index in [1.54, 1.807) is 11.8 Å². The van der Waals surface area contributed by atoms with Gasteiger partial charge in [-0.2, -0.15) is 0 Å². The zero-order chi connectivity index (χ0) is 14.9. The number of hydrogen-bond donors (Lipinski definition) is 2. The third-order valence-electron chi connectivity index (χ3n) is 3.79. The molecule has 0 saturated carbocycles. The average Bonchev–Trinajstić information content (AvgIpc) is 2.53. The molecule has 0 spiro atoms. The van der Waals surface area contributed by atoms with Crippen LogP contribution >= 0.6 is 11.8 Å². The van der Waals surface area contributed by atoms with Crippen molar-refractivity contribution in [2.45, 2.75) is 44.3 Å². The van der Waals surface area contributed by atoms with Gasteiger partial charge >= 0.3 is 0 Å². The van der Waals surface area contributed by atoms with Crippen LogP contribution in [-0.4, -0.2) is 30.0 Å². The van der Waals surface area contributed by atoms with Crippen LogP contribution in [0.3, 0.4) is 0 Å². The molecule has 0 atom stereocenters. The number of anilines is 1. The average molecular weight is 306 g/mol. The highest BCUT2D eigenvalue weighted by atomic mass is 32.2. The van der Waals surface area contributed by atoms with Gasteiger partial charge in [0.15, 0.2) is 0 Å². The van der Waals surface area contributed by atoms with E-state index in [0.717, 1.165) is 25.2 Å². The first-order valence-electron chi connectivity index (χ1n) is 7.99. The number of nitrogens with one attached hydrogen (secondary N) is 2. The zero-order valence-corrected chi connectivity index (χ0v) is 13.7. The Balaban J connectivity index is 1.71. The van der Waals surface area contributed by atoms with Crippen molar-refractivity contribution in [2.24, 2.45) is 0 Å². The molecule has 1 aliphatic heterocycles. The number of piperidine rings is 1. The fraction of sp³-hybridized carbons (Fsp3) is 0.588. The number of hydrogen-bond acceptors (Lipinski definition) is 3. The normalized spacial score (nSPS) is 15.9. The quantitative estimate of drug-likeness (QED) is 0.810. The summed E-state index contributed by atoms with van der Waals surface area (Å²) < 4.78 is 0. The molecule has 1 amide bonds. The summed E-state index contributed by atoms with van der Waals surface area (Å²) in [4.78, 5) is 12.0. The molecule has 1 aliphatic rings. The van der Waals surface area contributed by atoms with Crippen molar-refractivity contribution in [3.8, 4) is 0 Å². The highest BCUT2D eigenvalue weighted by Gasteiger charge is 2.14. The van der Waals surface area contributed by atoms with Gasteiger partial charge in [-0.1, -0.05) is 25.5 Å². The monoisotopic (exact) mass is 306 g/mol. The van der Waals surface area contributed by atoms with Crippen LogP contribution in [0.4, 0.5) is 5.69 Å². The van der Waals surface area contributed by atoms with E-state index in [1.807, 2.05) is 12.1 Å². The maximum Gasteiger partial charge on any atom is 0.234 e. The molecule has 0 aromatic heterocycles. The lowest BCUT2D eigenvalue weighted by Crippen LogP contribution is -2.30. The molecule has 3 nitrogen and oxygen atoms in total. The minimum absolute atomic E-state index is 0.111. The molecule has 1 aromatic rings. The van der Waals surface area contributed by atoms with E-state index < -0.39 is 0 Å². The topological polar surface area (TPSA) is 41.1 Å². The second-order valence-electron chi connectivity index (χ2n) is 5.61. The summed E-state index contributed by atoms with van der Waals surface area (Å²) >= 11 is 1.79. The summed E-state index contributed by atoms with van der Waals surface area (Å²) in [6.45, 7) is 4.37. The van der Waals surface area contributed by atoms with Crippen molar-refractivity contribution in [1.82, 2.24) is 5.32 Å². The highest BCUT2D eigenvalue weighted by Crippen LogP contribution is 2.20. The molecule has 1 saturated heterocycles. The van der Waals surface area contributed by atoms with Gasteiger partial charge in [-0.25, -0.2) is 0 Å². The third-order valence-corrected chi connectivity index (χ3v) is 5.16. The molecular weight excluding hydrogens is 280 g/mol. The first-order chi connectivity index (χ1) is 10.3. The second-order valence-corrected chi connectivity index (χ2v) is 6.90. The van der Waals surface area contributed by atoms with Crippen molar-refractivity contribution in [2.75, 3.05) is 24.2 Å². The first kappa shape index (κ1) is 16.4. The van der Waals surface area contributed by atoms with Gasteiger partial charge in [0.05, 0.1) is 5.75 Å². The zero-order valence-electron chi connectivity index (χ0n) is 12.9. The number of benzene rings is 1. The van der Waals surface area contributed by atoms with Gasteiger partial charge in [-0.3, -0.25) is 4.79 Å². The van der Waals surface area contributed by atoms with Gasteiger partial charge in [-0.05, 0) is 56.5 Å². The van der Waals surface area contributed by atoms with E-state index >= 15 is 0 Å². The van der Waals surface area contributed by atoms with Crippen LogP contribution < -0.4 is 10.6 Å². The maximum atomic E-state index is 12.0. The van der Waals surface area contributed by atoms with E-state index in [1.165, 1.54) is 31.2 Å². The molecular formula is C17H26N2OS. The summed E-state index contributed by atoms with van der Waals surface area (Å²) in [5.41, 5.74) is 2.25.